The van der Waals surface area contributed by atoms with E-state index in [0.29, 0.717) is 24.9 Å². The summed E-state index contributed by atoms with van der Waals surface area (Å²) in [4.78, 5) is 37.8. The van der Waals surface area contributed by atoms with Crippen molar-refractivity contribution in [2.75, 3.05) is 13.1 Å². The summed E-state index contributed by atoms with van der Waals surface area (Å²) in [7, 11) is 0. The van der Waals surface area contributed by atoms with E-state index in [4.69, 9.17) is 0 Å². The minimum Gasteiger partial charge on any atom is -0.481 e. The molecule has 5 nitrogen and oxygen atoms in total. The number of carboxylic acid groups (broad SMARTS) is 1. The number of likely N-dealkylation sites (tertiary alicyclic amines) is 1. The van der Waals surface area contributed by atoms with Crippen molar-refractivity contribution < 1.29 is 19.5 Å². The number of ketones is 1. The van der Waals surface area contributed by atoms with Gasteiger partial charge in [-0.15, -0.1) is 0 Å². The number of piperidine rings is 1. The minimum atomic E-state index is -0.877. The third-order valence-electron chi connectivity index (χ3n) is 5.55. The molecule has 1 N–H and O–H groups in total. The molecule has 0 spiro atoms. The fourth-order valence-electron chi connectivity index (χ4n) is 3.90. The third kappa shape index (κ3) is 3.75. The number of nitrogens with zero attached hydrogens (tertiary/aromatic N) is 1. The molecular formula is C20H25NO4. The van der Waals surface area contributed by atoms with Gasteiger partial charge < -0.3 is 10.0 Å². The van der Waals surface area contributed by atoms with Crippen LogP contribution in [0.1, 0.15) is 60.5 Å². The van der Waals surface area contributed by atoms with Gasteiger partial charge in [-0.1, -0.05) is 12.1 Å². The number of hydrogen-bond donors (Lipinski definition) is 1. The summed E-state index contributed by atoms with van der Waals surface area (Å²) in [5.41, 5.74) is 2.39. The van der Waals surface area contributed by atoms with Gasteiger partial charge in [0.05, 0.1) is 5.41 Å². The zero-order valence-corrected chi connectivity index (χ0v) is 14.7. The van der Waals surface area contributed by atoms with Crippen LogP contribution in [-0.2, 0) is 22.4 Å². The zero-order chi connectivity index (χ0) is 18.0. The first-order valence-corrected chi connectivity index (χ1v) is 9.05. The number of aliphatic carboxylic acids is 1. The molecule has 25 heavy (non-hydrogen) atoms. The maximum Gasteiger partial charge on any atom is 0.311 e. The Balaban J connectivity index is 1.57. The number of benzene rings is 1. The Morgan fingerprint density at radius 1 is 1.12 bits per heavy atom. The average molecular weight is 343 g/mol. The fourth-order valence-corrected chi connectivity index (χ4v) is 3.90. The Hall–Kier alpha value is -2.17. The summed E-state index contributed by atoms with van der Waals surface area (Å²) in [5, 5.41) is 9.35. The highest BCUT2D eigenvalue weighted by molar-refractivity contribution is 5.98. The molecular weight excluding hydrogens is 318 g/mol. The van der Waals surface area contributed by atoms with Crippen LogP contribution in [-0.4, -0.2) is 40.8 Å². The van der Waals surface area contributed by atoms with E-state index >= 15 is 0 Å². The molecule has 1 aliphatic carbocycles. The number of carboxylic acids is 1. The smallest absolute Gasteiger partial charge is 0.311 e. The first-order chi connectivity index (χ1) is 11.9. The first kappa shape index (κ1) is 17.6. The van der Waals surface area contributed by atoms with E-state index in [9.17, 15) is 19.5 Å². The van der Waals surface area contributed by atoms with Crippen LogP contribution < -0.4 is 0 Å². The van der Waals surface area contributed by atoms with Gasteiger partial charge >= 0.3 is 5.97 Å². The van der Waals surface area contributed by atoms with E-state index in [0.717, 1.165) is 19.3 Å². The molecule has 1 saturated heterocycles. The largest absolute Gasteiger partial charge is 0.481 e. The second kappa shape index (κ2) is 6.98. The molecule has 0 radical (unpaired) electrons. The van der Waals surface area contributed by atoms with Crippen LogP contribution in [0, 0.1) is 5.41 Å². The minimum absolute atomic E-state index is 0.0129. The number of fused-ring (bicyclic) bond motifs is 1. The number of aryl methyl sites for hydroxylation is 2. The first-order valence-electron chi connectivity index (χ1n) is 9.05. The van der Waals surface area contributed by atoms with Crippen LogP contribution in [0.2, 0.25) is 0 Å². The second-order valence-electron chi connectivity index (χ2n) is 7.54. The lowest BCUT2D eigenvalue weighted by molar-refractivity contribution is -0.153. The Morgan fingerprint density at radius 3 is 2.64 bits per heavy atom. The monoisotopic (exact) mass is 343 g/mol. The molecule has 1 aliphatic heterocycles. The number of Topliss-reactive ketones (excluding diaryl/α,β-unsaturated/α-hetero) is 1. The van der Waals surface area contributed by atoms with Gasteiger partial charge in [0.2, 0.25) is 5.91 Å². The molecule has 2 aliphatic rings. The highest BCUT2D eigenvalue weighted by Gasteiger charge is 2.39. The van der Waals surface area contributed by atoms with Crippen molar-refractivity contribution in [3.8, 4) is 0 Å². The van der Waals surface area contributed by atoms with E-state index in [2.05, 4.69) is 0 Å². The van der Waals surface area contributed by atoms with Crippen LogP contribution >= 0.6 is 0 Å². The molecule has 1 atom stereocenters. The van der Waals surface area contributed by atoms with E-state index in [1.54, 1.807) is 11.8 Å². The number of carbonyl (C=O) groups is 3. The topological polar surface area (TPSA) is 74.7 Å². The summed E-state index contributed by atoms with van der Waals surface area (Å²) < 4.78 is 0. The van der Waals surface area contributed by atoms with Gasteiger partial charge in [-0.3, -0.25) is 14.4 Å². The summed E-state index contributed by atoms with van der Waals surface area (Å²) in [6.45, 7) is 2.49. The predicted octanol–water partition coefficient (Wildman–Crippen LogP) is 2.85. The molecule has 1 unspecified atom stereocenters. The molecule has 0 saturated carbocycles. The lowest BCUT2D eigenvalue weighted by Gasteiger charge is -2.37. The van der Waals surface area contributed by atoms with Crippen molar-refractivity contribution in [3.05, 3.63) is 34.9 Å². The number of carbonyl (C=O) groups excluding carboxylic acids is 2. The summed E-state index contributed by atoms with van der Waals surface area (Å²) in [6.07, 6.45) is 4.84. The van der Waals surface area contributed by atoms with Crippen molar-refractivity contribution in [1.82, 2.24) is 4.90 Å². The molecule has 3 rings (SSSR count). The van der Waals surface area contributed by atoms with Crippen LogP contribution in [0.5, 0.6) is 0 Å². The molecule has 134 valence electrons. The Morgan fingerprint density at radius 2 is 1.88 bits per heavy atom. The number of amides is 1. The molecule has 0 bridgehead atoms. The van der Waals surface area contributed by atoms with Crippen molar-refractivity contribution in [1.29, 1.82) is 0 Å². The predicted molar refractivity (Wildman–Crippen MR) is 93.6 cm³/mol. The molecule has 1 amide bonds. The summed E-state index contributed by atoms with van der Waals surface area (Å²) >= 11 is 0. The van der Waals surface area contributed by atoms with Crippen molar-refractivity contribution in [2.45, 2.75) is 51.9 Å². The molecule has 1 aromatic carbocycles. The lowest BCUT2D eigenvalue weighted by Crippen LogP contribution is -2.48. The highest BCUT2D eigenvalue weighted by Crippen LogP contribution is 2.30. The molecule has 1 aromatic rings. The summed E-state index contributed by atoms with van der Waals surface area (Å²) in [6, 6.07) is 5.86. The standard InChI is InChI=1S/C20H25NO4/c1-20(19(24)25)10-3-11-21(13-20)18(23)9-8-17(22)16-7-6-14-4-2-5-15(14)12-16/h6-7,12H,2-5,8-11,13H2,1H3,(H,24,25). The fraction of sp³-hybridized carbons (Fsp3) is 0.550. The van der Waals surface area contributed by atoms with Gasteiger partial charge in [0.25, 0.3) is 0 Å². The molecule has 1 fully saturated rings. The van der Waals surface area contributed by atoms with E-state index < -0.39 is 11.4 Å². The van der Waals surface area contributed by atoms with Crippen molar-refractivity contribution in [3.63, 3.8) is 0 Å². The number of hydrogen-bond acceptors (Lipinski definition) is 3. The van der Waals surface area contributed by atoms with E-state index in [1.807, 2.05) is 18.2 Å². The van der Waals surface area contributed by atoms with Gasteiger partial charge in [-0.25, -0.2) is 0 Å². The molecule has 5 heteroatoms. The quantitative estimate of drug-likeness (QED) is 0.834. The Bertz CT molecular complexity index is 712. The van der Waals surface area contributed by atoms with Gasteiger partial charge in [0, 0.05) is 31.5 Å². The maximum absolute atomic E-state index is 12.4. The van der Waals surface area contributed by atoms with E-state index in [-0.39, 0.29) is 31.1 Å². The third-order valence-corrected chi connectivity index (χ3v) is 5.55. The van der Waals surface area contributed by atoms with Gasteiger partial charge in [0.1, 0.15) is 0 Å². The van der Waals surface area contributed by atoms with E-state index in [1.165, 1.54) is 11.1 Å². The molecule has 0 aromatic heterocycles. The average Bonchev–Trinajstić information content (AvgIpc) is 3.07. The van der Waals surface area contributed by atoms with Crippen LogP contribution in [0.4, 0.5) is 0 Å². The maximum atomic E-state index is 12.4. The number of rotatable bonds is 5. The zero-order valence-electron chi connectivity index (χ0n) is 14.7. The van der Waals surface area contributed by atoms with Crippen molar-refractivity contribution in [2.24, 2.45) is 5.41 Å². The second-order valence-corrected chi connectivity index (χ2v) is 7.54. The Kier molecular flexibility index (Phi) is 4.93. The lowest BCUT2D eigenvalue weighted by atomic mass is 9.82. The van der Waals surface area contributed by atoms with Crippen molar-refractivity contribution >= 4 is 17.7 Å². The Labute approximate surface area is 148 Å². The van der Waals surface area contributed by atoms with Crippen LogP contribution in [0.15, 0.2) is 18.2 Å². The summed E-state index contributed by atoms with van der Waals surface area (Å²) in [5.74, 6) is -0.998. The van der Waals surface area contributed by atoms with Crippen LogP contribution in [0.3, 0.4) is 0 Å². The van der Waals surface area contributed by atoms with Gasteiger partial charge in [-0.05, 0) is 56.2 Å². The van der Waals surface area contributed by atoms with Crippen LogP contribution in [0.25, 0.3) is 0 Å². The van der Waals surface area contributed by atoms with Gasteiger partial charge in [-0.2, -0.15) is 0 Å². The SMILES string of the molecule is CC1(C(=O)O)CCCN(C(=O)CCC(=O)c2ccc3c(c2)CCC3)C1. The highest BCUT2D eigenvalue weighted by atomic mass is 16.4. The normalized spacial score (nSPS) is 22.5. The molecule has 1 heterocycles. The van der Waals surface area contributed by atoms with Gasteiger partial charge in [0.15, 0.2) is 5.78 Å².